The van der Waals surface area contributed by atoms with E-state index in [0.717, 1.165) is 25.9 Å². The lowest BCUT2D eigenvalue weighted by atomic mass is 9.72. The van der Waals surface area contributed by atoms with Crippen LogP contribution in [0.5, 0.6) is 5.75 Å². The van der Waals surface area contributed by atoms with Crippen molar-refractivity contribution in [3.8, 4) is 11.9 Å². The van der Waals surface area contributed by atoms with Crippen LogP contribution in [-0.4, -0.2) is 50.1 Å². The van der Waals surface area contributed by atoms with Crippen molar-refractivity contribution < 1.29 is 9.53 Å². The average molecular weight is 420 g/mol. The van der Waals surface area contributed by atoms with Gasteiger partial charge >= 0.3 is 0 Å². The van der Waals surface area contributed by atoms with Gasteiger partial charge in [0.05, 0.1) is 7.11 Å². The monoisotopic (exact) mass is 419 g/mol. The van der Waals surface area contributed by atoms with E-state index >= 15 is 0 Å². The summed E-state index contributed by atoms with van der Waals surface area (Å²) in [7, 11) is 1.59. The van der Waals surface area contributed by atoms with Gasteiger partial charge < -0.3 is 15.0 Å². The molecule has 0 aliphatic carbocycles. The van der Waals surface area contributed by atoms with Crippen molar-refractivity contribution in [2.24, 2.45) is 4.99 Å². The quantitative estimate of drug-likeness (QED) is 0.325. The number of amides is 1. The number of ether oxygens (including phenoxy) is 1. The van der Waals surface area contributed by atoms with Crippen LogP contribution in [0.15, 0.2) is 59.6 Å². The Kier molecular flexibility index (Phi) is 7.50. The number of guanidine groups is 1. The molecule has 0 aromatic heterocycles. The molecule has 7 heteroatoms. The summed E-state index contributed by atoms with van der Waals surface area (Å²) in [6.45, 7) is 4.59. The number of nitrogens with one attached hydrogen (secondary N) is 2. The fraction of sp³-hybridized carbons (Fsp3) is 0.375. The minimum Gasteiger partial charge on any atom is -0.497 e. The van der Waals surface area contributed by atoms with Gasteiger partial charge in [-0.15, -0.1) is 0 Å². The minimum atomic E-state index is -0.184. The predicted octanol–water partition coefficient (Wildman–Crippen LogP) is 2.91. The highest BCUT2D eigenvalue weighted by Crippen LogP contribution is 2.35. The molecular weight excluding hydrogens is 390 g/mol. The first-order valence-electron chi connectivity index (χ1n) is 10.5. The van der Waals surface area contributed by atoms with Gasteiger partial charge in [-0.3, -0.25) is 15.1 Å². The number of nitrogens with zero attached hydrogens (tertiary/aromatic N) is 3. The molecule has 1 fully saturated rings. The Morgan fingerprint density at radius 1 is 1.19 bits per heavy atom. The molecule has 1 aliphatic heterocycles. The van der Waals surface area contributed by atoms with Crippen LogP contribution >= 0.6 is 0 Å². The third kappa shape index (κ3) is 5.34. The Morgan fingerprint density at radius 3 is 2.58 bits per heavy atom. The third-order valence-corrected chi connectivity index (χ3v) is 5.80. The zero-order chi connectivity index (χ0) is 22.1. The van der Waals surface area contributed by atoms with Crippen LogP contribution in [-0.2, 0) is 5.41 Å². The number of likely N-dealkylation sites (tertiary alicyclic amines) is 1. The molecule has 0 bridgehead atoms. The number of hydrogen-bond donors (Lipinski definition) is 2. The molecule has 2 N–H and O–H groups in total. The summed E-state index contributed by atoms with van der Waals surface area (Å²) in [5.74, 6) is 1.16. The maximum Gasteiger partial charge on any atom is 0.251 e. The van der Waals surface area contributed by atoms with Crippen molar-refractivity contribution in [2.45, 2.75) is 25.2 Å². The highest BCUT2D eigenvalue weighted by Gasteiger charge is 2.37. The molecule has 7 nitrogen and oxygen atoms in total. The number of hydrogen-bond acceptors (Lipinski definition) is 4. The van der Waals surface area contributed by atoms with Crippen molar-refractivity contribution in [1.82, 2.24) is 15.5 Å². The number of rotatable bonds is 6. The molecule has 2 aromatic carbocycles. The number of benzene rings is 2. The van der Waals surface area contributed by atoms with Gasteiger partial charge in [0.25, 0.3) is 5.91 Å². The predicted molar refractivity (Wildman–Crippen MR) is 121 cm³/mol. The standard InChI is InChI=1S/C24H29N5O2/c1-3-26-23(28-18-25)29-14-12-24(13-15-29,20-9-5-4-6-10-20)17-27-22(30)19-8-7-11-21(16-19)31-2/h4-11,16H,3,12-15,17H2,1-2H3,(H,26,28)(H,27,30). The SMILES string of the molecule is CCN=C(NC#N)N1CCC(CNC(=O)c2cccc(OC)c2)(c2ccccc2)CC1. The average Bonchev–Trinajstić information content (AvgIpc) is 2.83. The molecule has 0 unspecified atom stereocenters. The number of methoxy groups -OCH3 is 1. The first-order valence-corrected chi connectivity index (χ1v) is 10.5. The highest BCUT2D eigenvalue weighted by atomic mass is 16.5. The first kappa shape index (κ1) is 22.2. The van der Waals surface area contributed by atoms with Crippen LogP contribution in [0, 0.1) is 11.5 Å². The Balaban J connectivity index is 1.76. The van der Waals surface area contributed by atoms with E-state index < -0.39 is 0 Å². The van der Waals surface area contributed by atoms with E-state index in [1.807, 2.05) is 43.4 Å². The lowest BCUT2D eigenvalue weighted by molar-refractivity contribution is 0.0931. The Hall–Kier alpha value is -3.53. The lowest BCUT2D eigenvalue weighted by Gasteiger charge is -2.43. The van der Waals surface area contributed by atoms with E-state index in [0.29, 0.717) is 30.4 Å². The summed E-state index contributed by atoms with van der Waals surface area (Å²) in [5.41, 5.74) is 1.61. The summed E-state index contributed by atoms with van der Waals surface area (Å²) in [5, 5.41) is 14.9. The molecule has 1 saturated heterocycles. The van der Waals surface area contributed by atoms with Crippen LogP contribution in [0.3, 0.4) is 0 Å². The van der Waals surface area contributed by atoms with Crippen molar-refractivity contribution in [3.63, 3.8) is 0 Å². The normalized spacial score (nSPS) is 15.6. The maximum absolute atomic E-state index is 12.8. The van der Waals surface area contributed by atoms with E-state index in [2.05, 4.69) is 32.7 Å². The molecule has 0 spiro atoms. The molecule has 2 aromatic rings. The number of aliphatic imine (C=N–C) groups is 1. The fourth-order valence-electron chi connectivity index (χ4n) is 4.04. The van der Waals surface area contributed by atoms with Gasteiger partial charge in [0.2, 0.25) is 5.96 Å². The van der Waals surface area contributed by atoms with E-state index in [1.165, 1.54) is 5.56 Å². The molecule has 31 heavy (non-hydrogen) atoms. The second-order valence-corrected chi connectivity index (χ2v) is 7.58. The maximum atomic E-state index is 12.8. The van der Waals surface area contributed by atoms with E-state index in [9.17, 15) is 4.79 Å². The molecule has 1 heterocycles. The lowest BCUT2D eigenvalue weighted by Crippen LogP contribution is -2.52. The zero-order valence-electron chi connectivity index (χ0n) is 18.1. The van der Waals surface area contributed by atoms with Gasteiger partial charge in [0.15, 0.2) is 6.19 Å². The van der Waals surface area contributed by atoms with E-state index in [1.54, 1.807) is 19.2 Å². The van der Waals surface area contributed by atoms with E-state index in [-0.39, 0.29) is 11.3 Å². The summed E-state index contributed by atoms with van der Waals surface area (Å²) in [6, 6.07) is 17.5. The van der Waals surface area contributed by atoms with Gasteiger partial charge in [0, 0.05) is 37.2 Å². The second kappa shape index (κ2) is 10.5. The zero-order valence-corrected chi connectivity index (χ0v) is 18.1. The van der Waals surface area contributed by atoms with Crippen LogP contribution in [0.25, 0.3) is 0 Å². The molecule has 162 valence electrons. The largest absolute Gasteiger partial charge is 0.497 e. The summed E-state index contributed by atoms with van der Waals surface area (Å²) >= 11 is 0. The number of piperidine rings is 1. The smallest absolute Gasteiger partial charge is 0.251 e. The summed E-state index contributed by atoms with van der Waals surface area (Å²) in [4.78, 5) is 19.4. The number of nitriles is 1. The summed E-state index contributed by atoms with van der Waals surface area (Å²) < 4.78 is 5.24. The van der Waals surface area contributed by atoms with Gasteiger partial charge in [-0.1, -0.05) is 36.4 Å². The third-order valence-electron chi connectivity index (χ3n) is 5.80. The molecule has 0 atom stereocenters. The van der Waals surface area contributed by atoms with Gasteiger partial charge in [-0.05, 0) is 43.5 Å². The fourth-order valence-corrected chi connectivity index (χ4v) is 4.04. The van der Waals surface area contributed by atoms with Gasteiger partial charge in [-0.25, -0.2) is 0 Å². The van der Waals surface area contributed by atoms with Crippen LogP contribution in [0.4, 0.5) is 0 Å². The summed E-state index contributed by atoms with van der Waals surface area (Å²) in [6.07, 6.45) is 3.66. The Labute approximate surface area is 183 Å². The Morgan fingerprint density at radius 2 is 1.94 bits per heavy atom. The molecule has 0 radical (unpaired) electrons. The van der Waals surface area contributed by atoms with Crippen LogP contribution in [0.2, 0.25) is 0 Å². The highest BCUT2D eigenvalue weighted by molar-refractivity contribution is 5.94. The number of carbonyl (C=O) groups excluding carboxylic acids is 1. The molecular formula is C24H29N5O2. The van der Waals surface area contributed by atoms with Crippen molar-refractivity contribution in [1.29, 1.82) is 5.26 Å². The van der Waals surface area contributed by atoms with E-state index in [4.69, 9.17) is 10.00 Å². The topological polar surface area (TPSA) is 89.8 Å². The Bertz CT molecular complexity index is 944. The molecule has 1 aliphatic rings. The van der Waals surface area contributed by atoms with Gasteiger partial charge in [0.1, 0.15) is 5.75 Å². The van der Waals surface area contributed by atoms with Gasteiger partial charge in [-0.2, -0.15) is 5.26 Å². The van der Waals surface area contributed by atoms with Crippen LogP contribution < -0.4 is 15.4 Å². The first-order chi connectivity index (χ1) is 15.1. The molecule has 0 saturated carbocycles. The molecule has 3 rings (SSSR count). The van der Waals surface area contributed by atoms with Crippen molar-refractivity contribution in [3.05, 3.63) is 65.7 Å². The number of carbonyl (C=O) groups is 1. The van der Waals surface area contributed by atoms with Crippen molar-refractivity contribution in [2.75, 3.05) is 33.3 Å². The molecule has 1 amide bonds. The van der Waals surface area contributed by atoms with Crippen LogP contribution in [0.1, 0.15) is 35.7 Å². The minimum absolute atomic E-state index is 0.115. The van der Waals surface area contributed by atoms with Crippen molar-refractivity contribution >= 4 is 11.9 Å². The second-order valence-electron chi connectivity index (χ2n) is 7.58.